The fourth-order valence-electron chi connectivity index (χ4n) is 4.18. The van der Waals surface area contributed by atoms with Gasteiger partial charge < -0.3 is 15.5 Å². The molecule has 2 aliphatic rings. The highest BCUT2D eigenvalue weighted by Crippen LogP contribution is 2.30. The number of nitrogens with two attached hydrogens (primary N) is 1. The summed E-state index contributed by atoms with van der Waals surface area (Å²) in [6.07, 6.45) is 5.40. The number of piperidine rings is 2. The molecule has 2 aliphatic heterocycles. The molecule has 0 aromatic rings. The lowest BCUT2D eigenvalue weighted by atomic mass is 9.84. The summed E-state index contributed by atoms with van der Waals surface area (Å²) in [5.74, 6) is 1.98. The molecule has 4 heteroatoms. The fraction of sp³-hybridized carbons (Fsp3) is 0.941. The van der Waals surface area contributed by atoms with Crippen molar-refractivity contribution in [3.63, 3.8) is 0 Å². The maximum Gasteiger partial charge on any atom is 0.222 e. The molecule has 2 N–H and O–H groups in total. The molecule has 0 aromatic heterocycles. The maximum atomic E-state index is 12.6. The van der Waals surface area contributed by atoms with Gasteiger partial charge in [0.05, 0.1) is 0 Å². The number of amides is 1. The van der Waals surface area contributed by atoms with Gasteiger partial charge in [0.2, 0.25) is 5.91 Å². The van der Waals surface area contributed by atoms with Crippen molar-refractivity contribution >= 4 is 5.91 Å². The Morgan fingerprint density at radius 1 is 1.29 bits per heavy atom. The average Bonchev–Trinajstić information content (AvgIpc) is 2.45. The summed E-state index contributed by atoms with van der Waals surface area (Å²) in [7, 11) is 2.24. The molecule has 122 valence electrons. The van der Waals surface area contributed by atoms with E-state index in [-0.39, 0.29) is 0 Å². The van der Waals surface area contributed by atoms with Crippen LogP contribution >= 0.6 is 0 Å². The zero-order chi connectivity index (χ0) is 15.4. The first kappa shape index (κ1) is 16.8. The van der Waals surface area contributed by atoms with Crippen LogP contribution in [0.5, 0.6) is 0 Å². The molecule has 2 heterocycles. The second-order valence-corrected chi connectivity index (χ2v) is 7.51. The Bertz CT molecular complexity index is 345. The summed E-state index contributed by atoms with van der Waals surface area (Å²) in [4.78, 5) is 17.2. The third kappa shape index (κ3) is 4.43. The Hall–Kier alpha value is -0.610. The monoisotopic (exact) mass is 295 g/mol. The highest BCUT2D eigenvalue weighted by atomic mass is 16.2. The van der Waals surface area contributed by atoms with Crippen molar-refractivity contribution in [2.45, 2.75) is 52.0 Å². The van der Waals surface area contributed by atoms with Crippen LogP contribution in [0.1, 0.15) is 46.0 Å². The van der Waals surface area contributed by atoms with E-state index in [1.54, 1.807) is 0 Å². The molecule has 1 amide bonds. The van der Waals surface area contributed by atoms with Crippen molar-refractivity contribution in [3.8, 4) is 0 Å². The Labute approximate surface area is 130 Å². The Morgan fingerprint density at radius 3 is 2.71 bits per heavy atom. The summed E-state index contributed by atoms with van der Waals surface area (Å²) in [5, 5.41) is 0. The lowest BCUT2D eigenvalue weighted by Gasteiger charge is -2.46. The fourth-order valence-corrected chi connectivity index (χ4v) is 4.18. The number of likely N-dealkylation sites (tertiary alicyclic amines) is 2. The minimum absolute atomic E-state index is 0.331. The lowest BCUT2D eigenvalue weighted by molar-refractivity contribution is -0.135. The van der Waals surface area contributed by atoms with Gasteiger partial charge in [0.25, 0.3) is 0 Å². The lowest BCUT2D eigenvalue weighted by Crippen LogP contribution is -2.54. The maximum absolute atomic E-state index is 12.6. The van der Waals surface area contributed by atoms with E-state index in [2.05, 4.69) is 30.7 Å². The van der Waals surface area contributed by atoms with Crippen LogP contribution < -0.4 is 5.73 Å². The molecule has 4 nitrogen and oxygen atoms in total. The van der Waals surface area contributed by atoms with Crippen molar-refractivity contribution in [2.75, 3.05) is 33.2 Å². The number of hydrogen-bond acceptors (Lipinski definition) is 3. The molecule has 3 atom stereocenters. The highest BCUT2D eigenvalue weighted by Gasteiger charge is 2.35. The SMILES string of the molecule is CC(C)C[C@H](CN)CC(=O)N1CCC2C(CCCN2C)C1. The Kier molecular flexibility index (Phi) is 6.06. The smallest absolute Gasteiger partial charge is 0.222 e. The van der Waals surface area contributed by atoms with Gasteiger partial charge in [-0.05, 0) is 63.6 Å². The minimum atomic E-state index is 0.331. The van der Waals surface area contributed by atoms with Crippen LogP contribution in [-0.4, -0.2) is 55.0 Å². The van der Waals surface area contributed by atoms with Gasteiger partial charge in [-0.1, -0.05) is 13.8 Å². The highest BCUT2D eigenvalue weighted by molar-refractivity contribution is 5.76. The summed E-state index contributed by atoms with van der Waals surface area (Å²) >= 11 is 0. The summed E-state index contributed by atoms with van der Waals surface area (Å²) in [6.45, 7) is 8.16. The van der Waals surface area contributed by atoms with Gasteiger partial charge in [-0.2, -0.15) is 0 Å². The minimum Gasteiger partial charge on any atom is -0.342 e. The van der Waals surface area contributed by atoms with Crippen molar-refractivity contribution in [1.82, 2.24) is 9.80 Å². The van der Waals surface area contributed by atoms with Crippen LogP contribution in [0.25, 0.3) is 0 Å². The van der Waals surface area contributed by atoms with E-state index in [9.17, 15) is 4.79 Å². The van der Waals surface area contributed by atoms with E-state index < -0.39 is 0 Å². The van der Waals surface area contributed by atoms with Crippen LogP contribution in [-0.2, 0) is 4.79 Å². The largest absolute Gasteiger partial charge is 0.342 e. The Balaban J connectivity index is 1.86. The van der Waals surface area contributed by atoms with Gasteiger partial charge in [0, 0.05) is 25.6 Å². The van der Waals surface area contributed by atoms with Gasteiger partial charge in [-0.25, -0.2) is 0 Å². The zero-order valence-corrected chi connectivity index (χ0v) is 14.1. The number of nitrogens with zero attached hydrogens (tertiary/aromatic N) is 2. The van der Waals surface area contributed by atoms with E-state index in [1.807, 2.05) is 0 Å². The Morgan fingerprint density at radius 2 is 2.05 bits per heavy atom. The predicted molar refractivity (Wildman–Crippen MR) is 87.0 cm³/mol. The molecule has 2 fully saturated rings. The van der Waals surface area contributed by atoms with E-state index in [0.717, 1.165) is 25.9 Å². The van der Waals surface area contributed by atoms with Gasteiger partial charge in [0.15, 0.2) is 0 Å². The number of rotatable bonds is 5. The van der Waals surface area contributed by atoms with Crippen LogP contribution in [0.3, 0.4) is 0 Å². The van der Waals surface area contributed by atoms with Gasteiger partial charge >= 0.3 is 0 Å². The molecule has 2 saturated heterocycles. The van der Waals surface area contributed by atoms with Crippen LogP contribution in [0.2, 0.25) is 0 Å². The molecule has 0 bridgehead atoms. The summed E-state index contributed by atoms with van der Waals surface area (Å²) in [6, 6.07) is 0.698. The molecule has 0 spiro atoms. The summed E-state index contributed by atoms with van der Waals surface area (Å²) in [5.41, 5.74) is 5.85. The molecule has 2 unspecified atom stereocenters. The van der Waals surface area contributed by atoms with Crippen molar-refractivity contribution in [2.24, 2.45) is 23.5 Å². The molecule has 0 radical (unpaired) electrons. The van der Waals surface area contributed by atoms with E-state index in [1.165, 1.54) is 19.4 Å². The molecular weight excluding hydrogens is 262 g/mol. The first-order chi connectivity index (χ1) is 10.0. The van der Waals surface area contributed by atoms with Crippen LogP contribution in [0, 0.1) is 17.8 Å². The van der Waals surface area contributed by atoms with Gasteiger partial charge in [0.1, 0.15) is 0 Å². The molecule has 0 saturated carbocycles. The normalized spacial score (nSPS) is 28.5. The summed E-state index contributed by atoms with van der Waals surface area (Å²) < 4.78 is 0. The predicted octanol–water partition coefficient (Wildman–Crippen LogP) is 1.94. The second kappa shape index (κ2) is 7.59. The van der Waals surface area contributed by atoms with E-state index in [0.29, 0.717) is 42.7 Å². The standard InChI is InChI=1S/C17H33N3O/c1-13(2)9-14(11-18)10-17(21)20-8-6-16-15(12-20)5-4-7-19(16)3/h13-16H,4-12,18H2,1-3H3/t14-,15?,16?/m0/s1. The number of carbonyl (C=O) groups excluding carboxylic acids is 1. The third-order valence-corrected chi connectivity index (χ3v) is 5.30. The van der Waals surface area contributed by atoms with E-state index >= 15 is 0 Å². The van der Waals surface area contributed by atoms with Gasteiger partial charge in [-0.15, -0.1) is 0 Å². The van der Waals surface area contributed by atoms with Crippen molar-refractivity contribution in [3.05, 3.63) is 0 Å². The first-order valence-electron chi connectivity index (χ1n) is 8.69. The molecular formula is C17H33N3O. The molecule has 2 rings (SSSR count). The molecule has 21 heavy (non-hydrogen) atoms. The zero-order valence-electron chi connectivity index (χ0n) is 14.1. The quantitative estimate of drug-likeness (QED) is 0.843. The topological polar surface area (TPSA) is 49.6 Å². The van der Waals surface area contributed by atoms with Crippen LogP contribution in [0.15, 0.2) is 0 Å². The number of fused-ring (bicyclic) bond motifs is 1. The number of carbonyl (C=O) groups is 1. The van der Waals surface area contributed by atoms with Gasteiger partial charge in [-0.3, -0.25) is 4.79 Å². The first-order valence-corrected chi connectivity index (χ1v) is 8.69. The van der Waals surface area contributed by atoms with Crippen LogP contribution in [0.4, 0.5) is 0 Å². The molecule has 0 aromatic carbocycles. The van der Waals surface area contributed by atoms with E-state index in [4.69, 9.17) is 5.73 Å². The average molecular weight is 295 g/mol. The van der Waals surface area contributed by atoms with Crippen molar-refractivity contribution < 1.29 is 4.79 Å². The third-order valence-electron chi connectivity index (χ3n) is 5.30. The number of hydrogen-bond donors (Lipinski definition) is 1. The molecule has 0 aliphatic carbocycles. The second-order valence-electron chi connectivity index (χ2n) is 7.51. The van der Waals surface area contributed by atoms with Crippen molar-refractivity contribution in [1.29, 1.82) is 0 Å².